The molecule has 2 aromatic rings. The summed E-state index contributed by atoms with van der Waals surface area (Å²) in [6, 6.07) is 1.99. The maximum atomic E-state index is 6.57. The van der Waals surface area contributed by atoms with Gasteiger partial charge >= 0.3 is 0 Å². The van der Waals surface area contributed by atoms with Crippen LogP contribution in [0.25, 0.3) is 11.0 Å². The summed E-state index contributed by atoms with van der Waals surface area (Å²) >= 11 is 12.4. The number of rotatable bonds is 4. The minimum Gasteiger partial charge on any atom is -0.416 e. The Morgan fingerprint density at radius 2 is 1.87 bits per heavy atom. The molecule has 0 spiro atoms. The van der Waals surface area contributed by atoms with Crippen LogP contribution in [0, 0.1) is 5.92 Å². The lowest BCUT2D eigenvalue weighted by molar-refractivity contribution is -0.161. The number of hydrogen-bond acceptors (Lipinski definition) is 5. The summed E-state index contributed by atoms with van der Waals surface area (Å²) in [5.41, 5.74) is 0.725. The van der Waals surface area contributed by atoms with Gasteiger partial charge in [-0.05, 0) is 56.1 Å². The maximum absolute atomic E-state index is 6.57. The highest BCUT2D eigenvalue weighted by atomic mass is 35.5. The van der Waals surface area contributed by atoms with E-state index in [4.69, 9.17) is 37.1 Å². The molecule has 4 rings (SSSR count). The molecule has 1 saturated carbocycles. The summed E-state index contributed by atoms with van der Waals surface area (Å²) in [7, 11) is -1.86. The average molecular weight is 472 g/mol. The number of nitrogens with zero attached hydrogens (tertiary/aromatic N) is 3. The van der Waals surface area contributed by atoms with Gasteiger partial charge in [0.05, 0.1) is 17.5 Å². The standard InChI is InChI=1S/C21H31Cl2N3O3Si/c1-20(2,3)30(6,7)27-11-12-10-14(16-15(12)28-21(4,5)29-16)26-9-8-13-17(22)24-19(23)25-18(13)26/h8-9,12,14-16H,10-11H2,1-7H3/t12-,14-,15-,16+/m1/s1. The maximum Gasteiger partial charge on any atom is 0.225 e. The summed E-state index contributed by atoms with van der Waals surface area (Å²) < 4.78 is 21.4. The molecule has 2 aliphatic rings. The summed E-state index contributed by atoms with van der Waals surface area (Å²) in [4.78, 5) is 8.51. The van der Waals surface area contributed by atoms with E-state index in [1.54, 1.807) is 0 Å². The molecular formula is C21H31Cl2N3O3Si. The Balaban J connectivity index is 1.64. The molecule has 0 unspecified atom stereocenters. The van der Waals surface area contributed by atoms with Crippen LogP contribution in [0.2, 0.25) is 28.6 Å². The number of hydrogen-bond donors (Lipinski definition) is 0. The van der Waals surface area contributed by atoms with Gasteiger partial charge in [0.15, 0.2) is 14.1 Å². The van der Waals surface area contributed by atoms with Gasteiger partial charge in [-0.25, -0.2) is 4.98 Å². The van der Waals surface area contributed by atoms with Crippen LogP contribution in [0.15, 0.2) is 12.3 Å². The van der Waals surface area contributed by atoms with Crippen molar-refractivity contribution in [2.75, 3.05) is 6.61 Å². The number of ether oxygens (including phenoxy) is 2. The predicted octanol–water partition coefficient (Wildman–Crippen LogP) is 5.84. The zero-order valence-corrected chi connectivity index (χ0v) is 21.2. The fourth-order valence-corrected chi connectivity index (χ4v) is 5.76. The minimum absolute atomic E-state index is 0.0278. The molecule has 30 heavy (non-hydrogen) atoms. The molecule has 0 radical (unpaired) electrons. The van der Waals surface area contributed by atoms with E-state index >= 15 is 0 Å². The highest BCUT2D eigenvalue weighted by molar-refractivity contribution is 6.74. The summed E-state index contributed by atoms with van der Waals surface area (Å²) in [5.74, 6) is -0.391. The van der Waals surface area contributed by atoms with Crippen LogP contribution >= 0.6 is 23.2 Å². The fourth-order valence-electron chi connectivity index (χ4n) is 4.26. The highest BCUT2D eigenvalue weighted by Gasteiger charge is 2.55. The van der Waals surface area contributed by atoms with Crippen LogP contribution in [-0.4, -0.2) is 47.5 Å². The molecule has 0 N–H and O–H groups in total. The Morgan fingerprint density at radius 1 is 1.20 bits per heavy atom. The van der Waals surface area contributed by atoms with Gasteiger partial charge in [0.25, 0.3) is 0 Å². The first-order valence-corrected chi connectivity index (χ1v) is 14.1. The van der Waals surface area contributed by atoms with Crippen molar-refractivity contribution >= 4 is 42.6 Å². The highest BCUT2D eigenvalue weighted by Crippen LogP contribution is 2.48. The van der Waals surface area contributed by atoms with Gasteiger partial charge in [-0.3, -0.25) is 0 Å². The van der Waals surface area contributed by atoms with Gasteiger partial charge in [0, 0.05) is 18.7 Å². The first kappa shape index (κ1) is 22.5. The normalized spacial score (nSPS) is 29.0. The third-order valence-corrected chi connectivity index (χ3v) is 11.8. The molecule has 0 aromatic carbocycles. The van der Waals surface area contributed by atoms with E-state index < -0.39 is 14.1 Å². The number of fused-ring (bicyclic) bond motifs is 2. The second kappa shape index (κ2) is 7.42. The van der Waals surface area contributed by atoms with E-state index in [2.05, 4.69) is 48.4 Å². The van der Waals surface area contributed by atoms with Crippen molar-refractivity contribution in [1.82, 2.24) is 14.5 Å². The van der Waals surface area contributed by atoms with Crippen molar-refractivity contribution in [2.45, 2.75) is 83.2 Å². The van der Waals surface area contributed by atoms with Crippen molar-refractivity contribution in [3.8, 4) is 0 Å². The van der Waals surface area contributed by atoms with Gasteiger partial charge in [0.2, 0.25) is 5.28 Å². The molecule has 9 heteroatoms. The minimum atomic E-state index is -1.86. The van der Waals surface area contributed by atoms with Crippen molar-refractivity contribution < 1.29 is 13.9 Å². The van der Waals surface area contributed by atoms with Crippen LogP contribution in [0.3, 0.4) is 0 Å². The first-order valence-electron chi connectivity index (χ1n) is 10.5. The third-order valence-electron chi connectivity index (χ3n) is 6.87. The lowest BCUT2D eigenvalue weighted by atomic mass is 10.1. The molecule has 0 amide bonds. The zero-order valence-electron chi connectivity index (χ0n) is 18.7. The monoisotopic (exact) mass is 471 g/mol. The Morgan fingerprint density at radius 3 is 2.53 bits per heavy atom. The van der Waals surface area contributed by atoms with Crippen LogP contribution in [0.5, 0.6) is 0 Å². The summed E-state index contributed by atoms with van der Waals surface area (Å²) in [5, 5.41) is 1.46. The molecular weight excluding hydrogens is 441 g/mol. The van der Waals surface area contributed by atoms with Crippen LogP contribution in [0.1, 0.15) is 47.1 Å². The van der Waals surface area contributed by atoms with E-state index in [0.717, 1.165) is 17.5 Å². The van der Waals surface area contributed by atoms with Gasteiger partial charge in [0.1, 0.15) is 16.9 Å². The second-order valence-electron chi connectivity index (χ2n) is 10.4. The smallest absolute Gasteiger partial charge is 0.225 e. The largest absolute Gasteiger partial charge is 0.416 e. The predicted molar refractivity (Wildman–Crippen MR) is 122 cm³/mol. The lowest BCUT2D eigenvalue weighted by Crippen LogP contribution is -2.43. The molecule has 2 aromatic heterocycles. The molecule has 1 aliphatic heterocycles. The van der Waals surface area contributed by atoms with Crippen molar-refractivity contribution in [3.63, 3.8) is 0 Å². The van der Waals surface area contributed by atoms with E-state index in [1.165, 1.54) is 0 Å². The Kier molecular flexibility index (Phi) is 5.56. The van der Waals surface area contributed by atoms with E-state index in [9.17, 15) is 0 Å². The molecule has 4 atom stereocenters. The molecule has 1 aliphatic carbocycles. The fraction of sp³-hybridized carbons (Fsp3) is 0.714. The SMILES string of the molecule is CC1(C)O[C@@H]2[C@@H](CO[Si](C)(C)C(C)(C)C)C[C@@H](n3ccc4c(Cl)nc(Cl)nc43)[C@@H]2O1. The topological polar surface area (TPSA) is 58.4 Å². The number of aromatic nitrogens is 3. The summed E-state index contributed by atoms with van der Waals surface area (Å²) in [6.45, 7) is 16.0. The van der Waals surface area contributed by atoms with E-state index in [0.29, 0.717) is 11.8 Å². The number of halogens is 2. The Bertz CT molecular complexity index is 957. The molecule has 1 saturated heterocycles. The van der Waals surface area contributed by atoms with Gasteiger partial charge < -0.3 is 18.5 Å². The van der Waals surface area contributed by atoms with Crippen molar-refractivity contribution in [1.29, 1.82) is 0 Å². The Hall–Kier alpha value is -0.703. The molecule has 6 nitrogen and oxygen atoms in total. The van der Waals surface area contributed by atoms with Gasteiger partial charge in [-0.15, -0.1) is 0 Å². The second-order valence-corrected chi connectivity index (χ2v) is 15.9. The van der Waals surface area contributed by atoms with Gasteiger partial charge in [-0.1, -0.05) is 32.4 Å². The quantitative estimate of drug-likeness (QED) is 0.318. The van der Waals surface area contributed by atoms with Gasteiger partial charge in [-0.2, -0.15) is 4.98 Å². The van der Waals surface area contributed by atoms with Crippen LogP contribution < -0.4 is 0 Å². The molecule has 0 bridgehead atoms. The Labute approximate surface area is 189 Å². The van der Waals surface area contributed by atoms with Crippen LogP contribution in [0.4, 0.5) is 0 Å². The van der Waals surface area contributed by atoms with E-state index in [-0.39, 0.29) is 34.5 Å². The molecule has 2 fully saturated rings. The van der Waals surface area contributed by atoms with E-state index in [1.807, 2.05) is 26.1 Å². The summed E-state index contributed by atoms with van der Waals surface area (Å²) in [6.07, 6.45) is 2.76. The van der Waals surface area contributed by atoms with Crippen LogP contribution in [-0.2, 0) is 13.9 Å². The average Bonchev–Trinajstić information content (AvgIpc) is 3.23. The lowest BCUT2D eigenvalue weighted by Gasteiger charge is -2.37. The molecule has 3 heterocycles. The molecule has 166 valence electrons. The van der Waals surface area contributed by atoms with Crippen molar-refractivity contribution in [2.24, 2.45) is 5.92 Å². The first-order chi connectivity index (χ1) is 13.8. The zero-order chi connectivity index (χ0) is 22.1. The van der Waals surface area contributed by atoms with Crippen molar-refractivity contribution in [3.05, 3.63) is 22.7 Å². The third kappa shape index (κ3) is 3.93.